The molecule has 122 valence electrons. The van der Waals surface area contributed by atoms with E-state index in [1.807, 2.05) is 42.5 Å². The molecule has 2 heterocycles. The third-order valence-electron chi connectivity index (χ3n) is 4.39. The maximum atomic E-state index is 12.2. The van der Waals surface area contributed by atoms with Crippen LogP contribution in [-0.2, 0) is 17.8 Å². The molecule has 0 spiro atoms. The second kappa shape index (κ2) is 6.35. The van der Waals surface area contributed by atoms with Crippen molar-refractivity contribution in [1.29, 1.82) is 0 Å². The van der Waals surface area contributed by atoms with Crippen LogP contribution in [0.15, 0.2) is 54.7 Å². The van der Waals surface area contributed by atoms with Crippen molar-refractivity contribution in [2.75, 3.05) is 13.2 Å². The summed E-state index contributed by atoms with van der Waals surface area (Å²) in [6.45, 7) is 1.49. The summed E-state index contributed by atoms with van der Waals surface area (Å²) < 4.78 is 7.50. The molecule has 0 fully saturated rings. The molecule has 0 unspecified atom stereocenters. The number of carbonyl (C=O) groups is 1. The molecule has 3 aromatic rings. The predicted octanol–water partition coefficient (Wildman–Crippen LogP) is 2.40. The Hall–Kier alpha value is -2.82. The number of aromatic nitrogens is 2. The quantitative estimate of drug-likeness (QED) is 0.803. The molecule has 2 aromatic carbocycles. The molecule has 1 amide bonds. The SMILES string of the molecule is O=C(Cn1ncc2ccccc21)NC[C@H]1COc2ccccc2C1. The van der Waals surface area contributed by atoms with E-state index in [1.54, 1.807) is 10.9 Å². The molecule has 1 N–H and O–H groups in total. The van der Waals surface area contributed by atoms with E-state index in [1.165, 1.54) is 5.56 Å². The van der Waals surface area contributed by atoms with E-state index in [-0.39, 0.29) is 12.5 Å². The molecular formula is C19H19N3O2. The maximum Gasteiger partial charge on any atom is 0.241 e. The normalized spacial score (nSPS) is 16.4. The van der Waals surface area contributed by atoms with Crippen molar-refractivity contribution < 1.29 is 9.53 Å². The third kappa shape index (κ3) is 2.97. The maximum absolute atomic E-state index is 12.2. The number of fused-ring (bicyclic) bond motifs is 2. The van der Waals surface area contributed by atoms with Gasteiger partial charge in [0.25, 0.3) is 0 Å². The number of carbonyl (C=O) groups excluding carboxylic acids is 1. The van der Waals surface area contributed by atoms with Gasteiger partial charge in [0.05, 0.1) is 18.3 Å². The van der Waals surface area contributed by atoms with Crippen molar-refractivity contribution in [3.63, 3.8) is 0 Å². The molecular weight excluding hydrogens is 302 g/mol. The summed E-state index contributed by atoms with van der Waals surface area (Å²) >= 11 is 0. The number of nitrogens with one attached hydrogen (secondary N) is 1. The number of amides is 1. The van der Waals surface area contributed by atoms with E-state index >= 15 is 0 Å². The number of benzene rings is 2. The second-order valence-electron chi connectivity index (χ2n) is 6.15. The van der Waals surface area contributed by atoms with Gasteiger partial charge in [0.15, 0.2) is 0 Å². The van der Waals surface area contributed by atoms with Crippen LogP contribution in [0.25, 0.3) is 10.9 Å². The smallest absolute Gasteiger partial charge is 0.241 e. The summed E-state index contributed by atoms with van der Waals surface area (Å²) in [5.74, 6) is 1.24. The fourth-order valence-corrected chi connectivity index (χ4v) is 3.12. The van der Waals surface area contributed by atoms with Crippen LogP contribution in [0.1, 0.15) is 5.56 Å². The molecule has 1 aliphatic heterocycles. The number of ether oxygens (including phenoxy) is 1. The topological polar surface area (TPSA) is 56.2 Å². The second-order valence-corrected chi connectivity index (χ2v) is 6.15. The number of hydrogen-bond acceptors (Lipinski definition) is 3. The number of nitrogens with zero attached hydrogens (tertiary/aromatic N) is 2. The Morgan fingerprint density at radius 2 is 2.04 bits per heavy atom. The predicted molar refractivity (Wildman–Crippen MR) is 91.9 cm³/mol. The molecule has 5 heteroatoms. The zero-order valence-corrected chi connectivity index (χ0v) is 13.3. The Kier molecular flexibility index (Phi) is 3.91. The molecule has 0 bridgehead atoms. The lowest BCUT2D eigenvalue weighted by Gasteiger charge is -2.25. The lowest BCUT2D eigenvalue weighted by Crippen LogP contribution is -2.36. The minimum absolute atomic E-state index is 0.0253. The van der Waals surface area contributed by atoms with Crippen LogP contribution < -0.4 is 10.1 Å². The first-order chi connectivity index (χ1) is 11.8. The standard InChI is InChI=1S/C19H19N3O2/c23-19(12-22-17-7-3-1-6-16(17)11-21-22)20-10-14-9-15-5-2-4-8-18(15)24-13-14/h1-8,11,14H,9-10,12-13H2,(H,20,23)/t14-/m0/s1. The van der Waals surface area contributed by atoms with Crippen LogP contribution in [0.4, 0.5) is 0 Å². The highest BCUT2D eigenvalue weighted by molar-refractivity contribution is 5.81. The van der Waals surface area contributed by atoms with Gasteiger partial charge in [-0.15, -0.1) is 0 Å². The zero-order valence-electron chi connectivity index (χ0n) is 13.3. The average Bonchev–Trinajstić information content (AvgIpc) is 3.03. The Bertz CT molecular complexity index is 872. The summed E-state index contributed by atoms with van der Waals surface area (Å²) in [5.41, 5.74) is 2.18. The third-order valence-corrected chi connectivity index (χ3v) is 4.39. The van der Waals surface area contributed by atoms with Crippen LogP contribution in [0, 0.1) is 5.92 Å². The van der Waals surface area contributed by atoms with E-state index in [0.717, 1.165) is 23.1 Å². The van der Waals surface area contributed by atoms with Crippen LogP contribution in [0.5, 0.6) is 5.75 Å². The summed E-state index contributed by atoms with van der Waals surface area (Å²) in [7, 11) is 0. The Morgan fingerprint density at radius 3 is 3.00 bits per heavy atom. The van der Waals surface area contributed by atoms with Gasteiger partial charge < -0.3 is 10.1 Å². The van der Waals surface area contributed by atoms with Crippen LogP contribution in [-0.4, -0.2) is 28.8 Å². The number of hydrogen-bond donors (Lipinski definition) is 1. The number of rotatable bonds is 4. The van der Waals surface area contributed by atoms with Gasteiger partial charge in [0, 0.05) is 17.8 Å². The molecule has 0 radical (unpaired) electrons. The van der Waals surface area contributed by atoms with Gasteiger partial charge >= 0.3 is 0 Å². The summed E-state index contributed by atoms with van der Waals surface area (Å²) in [6.07, 6.45) is 2.72. The Labute approximate surface area is 140 Å². The average molecular weight is 321 g/mol. The first-order valence-corrected chi connectivity index (χ1v) is 8.17. The van der Waals surface area contributed by atoms with Gasteiger partial charge in [-0.1, -0.05) is 36.4 Å². The molecule has 4 rings (SSSR count). The highest BCUT2D eigenvalue weighted by atomic mass is 16.5. The van der Waals surface area contributed by atoms with Gasteiger partial charge in [-0.25, -0.2) is 0 Å². The first kappa shape index (κ1) is 14.8. The molecule has 5 nitrogen and oxygen atoms in total. The lowest BCUT2D eigenvalue weighted by molar-refractivity contribution is -0.122. The minimum Gasteiger partial charge on any atom is -0.493 e. The van der Waals surface area contributed by atoms with Crippen LogP contribution >= 0.6 is 0 Å². The van der Waals surface area contributed by atoms with Crippen LogP contribution in [0.2, 0.25) is 0 Å². The summed E-state index contributed by atoms with van der Waals surface area (Å²) in [4.78, 5) is 12.2. The molecule has 1 atom stereocenters. The van der Waals surface area contributed by atoms with Crippen molar-refractivity contribution in [3.05, 3.63) is 60.3 Å². The molecule has 24 heavy (non-hydrogen) atoms. The largest absolute Gasteiger partial charge is 0.493 e. The summed E-state index contributed by atoms with van der Waals surface area (Å²) in [5, 5.41) is 8.34. The first-order valence-electron chi connectivity index (χ1n) is 8.17. The fourth-order valence-electron chi connectivity index (χ4n) is 3.12. The molecule has 1 aromatic heterocycles. The zero-order chi connectivity index (χ0) is 16.4. The van der Waals surface area contributed by atoms with Gasteiger partial charge in [-0.3, -0.25) is 9.48 Å². The van der Waals surface area contributed by atoms with E-state index in [0.29, 0.717) is 19.1 Å². The van der Waals surface area contributed by atoms with Crippen molar-refractivity contribution in [2.45, 2.75) is 13.0 Å². The molecule has 0 saturated heterocycles. The van der Waals surface area contributed by atoms with Crippen molar-refractivity contribution in [1.82, 2.24) is 15.1 Å². The van der Waals surface area contributed by atoms with E-state index < -0.39 is 0 Å². The summed E-state index contributed by atoms with van der Waals surface area (Å²) in [6, 6.07) is 16.0. The molecule has 0 aliphatic carbocycles. The fraction of sp³-hybridized carbons (Fsp3) is 0.263. The van der Waals surface area contributed by atoms with E-state index in [4.69, 9.17) is 4.74 Å². The van der Waals surface area contributed by atoms with Gasteiger partial charge in [0.2, 0.25) is 5.91 Å². The molecule has 0 saturated carbocycles. The van der Waals surface area contributed by atoms with Gasteiger partial charge in [0.1, 0.15) is 12.3 Å². The van der Waals surface area contributed by atoms with Crippen molar-refractivity contribution in [3.8, 4) is 5.75 Å². The van der Waals surface area contributed by atoms with Crippen molar-refractivity contribution in [2.24, 2.45) is 5.92 Å². The van der Waals surface area contributed by atoms with Crippen LogP contribution in [0.3, 0.4) is 0 Å². The monoisotopic (exact) mass is 321 g/mol. The lowest BCUT2D eigenvalue weighted by atomic mass is 9.97. The van der Waals surface area contributed by atoms with E-state index in [2.05, 4.69) is 16.5 Å². The Morgan fingerprint density at radius 1 is 1.21 bits per heavy atom. The van der Waals surface area contributed by atoms with Gasteiger partial charge in [-0.05, 0) is 24.1 Å². The Balaban J connectivity index is 1.34. The van der Waals surface area contributed by atoms with Crippen molar-refractivity contribution >= 4 is 16.8 Å². The highest BCUT2D eigenvalue weighted by Crippen LogP contribution is 2.26. The highest BCUT2D eigenvalue weighted by Gasteiger charge is 2.20. The molecule has 1 aliphatic rings. The van der Waals surface area contributed by atoms with Gasteiger partial charge in [-0.2, -0.15) is 5.10 Å². The van der Waals surface area contributed by atoms with E-state index in [9.17, 15) is 4.79 Å². The minimum atomic E-state index is -0.0253. The number of para-hydroxylation sites is 2.